The maximum atomic E-state index is 12.6. The lowest BCUT2D eigenvalue weighted by atomic mass is 10.1. The van der Waals surface area contributed by atoms with Crippen LogP contribution in [0.1, 0.15) is 11.1 Å². The average Bonchev–Trinajstić information content (AvgIpc) is 3.60. The van der Waals surface area contributed by atoms with Gasteiger partial charge in [-0.1, -0.05) is 42.1 Å². The summed E-state index contributed by atoms with van der Waals surface area (Å²) in [7, 11) is 0. The van der Waals surface area contributed by atoms with Crippen molar-refractivity contribution in [3.63, 3.8) is 0 Å². The van der Waals surface area contributed by atoms with Gasteiger partial charge in [-0.15, -0.1) is 18.3 Å². The van der Waals surface area contributed by atoms with Crippen LogP contribution in [-0.2, 0) is 4.79 Å². The zero-order valence-electron chi connectivity index (χ0n) is 22.4. The van der Waals surface area contributed by atoms with Gasteiger partial charge in [0, 0.05) is 11.6 Å². The summed E-state index contributed by atoms with van der Waals surface area (Å²) < 4.78 is 42.4. The number of carbonyl (C=O) groups excluding carboxylic acids is 1. The number of nitrogens with one attached hydrogen (secondary N) is 1. The molecule has 44 heavy (non-hydrogen) atoms. The molecular formula is C27H19F3N8O4S2. The van der Waals surface area contributed by atoms with Crippen LogP contribution in [-0.4, -0.2) is 54.2 Å². The second-order valence-corrected chi connectivity index (χ2v) is 10.3. The highest BCUT2D eigenvalue weighted by molar-refractivity contribution is 8.15. The number of aryl methyl sites for hydroxylation is 1. The molecule has 17 heteroatoms. The number of alkyl halides is 3. The van der Waals surface area contributed by atoms with E-state index in [0.29, 0.717) is 22.6 Å². The van der Waals surface area contributed by atoms with Crippen molar-refractivity contribution in [1.29, 1.82) is 0 Å². The van der Waals surface area contributed by atoms with E-state index in [-0.39, 0.29) is 39.1 Å². The summed E-state index contributed by atoms with van der Waals surface area (Å²) in [5.41, 5.74) is 5.10. The summed E-state index contributed by atoms with van der Waals surface area (Å²) in [6, 6.07) is 16.7. The number of nitro groups is 1. The molecule has 1 fully saturated rings. The van der Waals surface area contributed by atoms with Crippen molar-refractivity contribution in [2.45, 2.75) is 13.3 Å². The number of nitrogens with zero attached hydrogens (tertiary/aromatic N) is 7. The van der Waals surface area contributed by atoms with E-state index in [9.17, 15) is 28.1 Å². The molecule has 224 valence electrons. The van der Waals surface area contributed by atoms with Crippen LogP contribution in [0.25, 0.3) is 17.1 Å². The summed E-state index contributed by atoms with van der Waals surface area (Å²) in [5.74, 6) is -0.259. The number of hydrogen-bond acceptors (Lipinski definition) is 9. The molecule has 12 nitrogen and oxygen atoms in total. The van der Waals surface area contributed by atoms with Gasteiger partial charge in [0.15, 0.2) is 11.0 Å². The first kappa shape index (κ1) is 30.3. The molecule has 0 spiro atoms. The van der Waals surface area contributed by atoms with Gasteiger partial charge in [-0.05, 0) is 60.6 Å². The van der Waals surface area contributed by atoms with Gasteiger partial charge < -0.3 is 4.74 Å². The third-order valence-electron chi connectivity index (χ3n) is 5.90. The molecule has 2 heterocycles. The van der Waals surface area contributed by atoms with Crippen molar-refractivity contribution in [1.82, 2.24) is 20.2 Å². The quantitative estimate of drug-likeness (QED) is 0.122. The van der Waals surface area contributed by atoms with Crippen molar-refractivity contribution in [3.8, 4) is 22.8 Å². The molecule has 0 unspecified atom stereocenters. The highest BCUT2D eigenvalue weighted by Gasteiger charge is 2.34. The molecule has 0 atom stereocenters. The van der Waals surface area contributed by atoms with Crippen LogP contribution in [0.5, 0.6) is 5.75 Å². The molecule has 0 bridgehead atoms. The van der Waals surface area contributed by atoms with Gasteiger partial charge in [-0.25, -0.2) is 9.67 Å². The molecule has 1 amide bonds. The number of hydrogen-bond donors (Lipinski definition) is 1. The molecule has 1 N–H and O–H groups in total. The number of thioether (sulfide) groups is 1. The Morgan fingerprint density at radius 2 is 1.89 bits per heavy atom. The van der Waals surface area contributed by atoms with Gasteiger partial charge in [0.25, 0.3) is 5.69 Å². The fourth-order valence-corrected chi connectivity index (χ4v) is 5.02. The molecule has 1 aliphatic heterocycles. The summed E-state index contributed by atoms with van der Waals surface area (Å²) in [6.45, 7) is 1.76. The number of rotatable bonds is 7. The lowest BCUT2D eigenvalue weighted by Gasteiger charge is -2.16. The van der Waals surface area contributed by atoms with E-state index in [1.54, 1.807) is 43.3 Å². The normalized spacial score (nSPS) is 14.4. The van der Waals surface area contributed by atoms with E-state index in [1.807, 2.05) is 0 Å². The van der Waals surface area contributed by atoms with Gasteiger partial charge in [0.05, 0.1) is 22.6 Å². The van der Waals surface area contributed by atoms with Crippen molar-refractivity contribution in [2.24, 2.45) is 10.1 Å². The number of aromatic nitrogens is 3. The molecule has 3 aromatic carbocycles. The van der Waals surface area contributed by atoms with Crippen molar-refractivity contribution >= 4 is 57.8 Å². The van der Waals surface area contributed by atoms with Crippen LogP contribution in [0, 0.1) is 17.0 Å². The summed E-state index contributed by atoms with van der Waals surface area (Å²) >= 11 is 6.35. The molecule has 0 aliphatic carbocycles. The first-order valence-electron chi connectivity index (χ1n) is 12.5. The Morgan fingerprint density at radius 3 is 2.57 bits per heavy atom. The first-order chi connectivity index (χ1) is 21.0. The molecule has 4 aromatic rings. The monoisotopic (exact) mass is 640 g/mol. The Hall–Kier alpha value is -5.16. The largest absolute Gasteiger partial charge is 0.573 e. The maximum Gasteiger partial charge on any atom is 0.573 e. The van der Waals surface area contributed by atoms with E-state index in [2.05, 4.69) is 30.3 Å². The molecule has 0 radical (unpaired) electrons. The second kappa shape index (κ2) is 12.6. The van der Waals surface area contributed by atoms with Crippen LogP contribution in [0.2, 0.25) is 0 Å². The van der Waals surface area contributed by atoms with Crippen LogP contribution < -0.4 is 15.1 Å². The Kier molecular flexibility index (Phi) is 8.68. The predicted octanol–water partition coefficient (Wildman–Crippen LogP) is 5.39. The lowest BCUT2D eigenvalue weighted by Crippen LogP contribution is -2.31. The highest BCUT2D eigenvalue weighted by atomic mass is 32.2. The van der Waals surface area contributed by atoms with Gasteiger partial charge >= 0.3 is 6.36 Å². The number of amidine groups is 1. The number of ether oxygens (including phenoxy) is 1. The van der Waals surface area contributed by atoms with Gasteiger partial charge in [0.1, 0.15) is 17.8 Å². The Balaban J connectivity index is 1.22. The molecule has 5 rings (SSSR count). The fourth-order valence-electron chi connectivity index (χ4n) is 3.96. The van der Waals surface area contributed by atoms with Crippen molar-refractivity contribution in [2.75, 3.05) is 10.7 Å². The van der Waals surface area contributed by atoms with Gasteiger partial charge in [-0.3, -0.25) is 25.2 Å². The van der Waals surface area contributed by atoms with Crippen LogP contribution >= 0.6 is 24.0 Å². The number of aliphatic imine (C=N–C) groups is 1. The number of nitro benzene ring substituents is 1. The maximum absolute atomic E-state index is 12.6. The number of anilines is 1. The van der Waals surface area contributed by atoms with E-state index >= 15 is 0 Å². The number of amides is 1. The molecular weight excluding hydrogens is 621 g/mol. The number of halogens is 3. The van der Waals surface area contributed by atoms with Crippen molar-refractivity contribution < 1.29 is 27.6 Å². The van der Waals surface area contributed by atoms with Crippen LogP contribution in [0.4, 0.5) is 24.5 Å². The van der Waals surface area contributed by atoms with Crippen molar-refractivity contribution in [3.05, 3.63) is 94.3 Å². The number of benzene rings is 3. The Labute approximate surface area is 256 Å². The number of carbonyl (C=O) groups is 1. The number of thiocarbonyl (C=S) groups is 1. The predicted molar refractivity (Wildman–Crippen MR) is 162 cm³/mol. The van der Waals surface area contributed by atoms with E-state index in [0.717, 1.165) is 17.3 Å². The standard InChI is InChI=1S/C27H19F3N8O4S2/c1-16-2-11-21(38(40)41)22(12-16)37-23(39)14-44-26(37)33-25(43)34-32-13-17-3-5-18(6-4-17)24-31-15-36(35-24)19-7-9-20(10-8-19)42-27(28,29)30/h2-13,15H,14H2,1H3,(H,34,43)/b32-13+,33-26?. The zero-order chi connectivity index (χ0) is 31.4. The molecule has 1 aliphatic rings. The Bertz CT molecular complexity index is 1790. The summed E-state index contributed by atoms with van der Waals surface area (Å²) in [4.78, 5) is 33.2. The third-order valence-corrected chi connectivity index (χ3v) is 7.01. The fraction of sp³-hybridized carbons (Fsp3) is 0.111. The minimum Gasteiger partial charge on any atom is -0.406 e. The minimum absolute atomic E-state index is 0.0527. The van der Waals surface area contributed by atoms with Gasteiger partial charge in [-0.2, -0.15) is 10.1 Å². The van der Waals surface area contributed by atoms with E-state index < -0.39 is 11.3 Å². The SMILES string of the molecule is Cc1ccc([N+](=O)[O-])c(N2C(=O)CSC2=NC(=S)N/N=C/c2ccc(-c3ncn(-c4ccc(OC(F)(F)F)cc4)n3)cc2)c1. The van der Waals surface area contributed by atoms with Crippen LogP contribution in [0.15, 0.2) is 83.2 Å². The number of hydrazone groups is 1. The lowest BCUT2D eigenvalue weighted by molar-refractivity contribution is -0.384. The summed E-state index contributed by atoms with van der Waals surface area (Å²) in [5, 5.41) is 20.1. The molecule has 1 aromatic heterocycles. The first-order valence-corrected chi connectivity index (χ1v) is 13.9. The second-order valence-electron chi connectivity index (χ2n) is 9.01. The van der Waals surface area contributed by atoms with Gasteiger partial charge in [0.2, 0.25) is 11.0 Å². The van der Waals surface area contributed by atoms with E-state index in [1.165, 1.54) is 52.5 Å². The topological polar surface area (TPSA) is 140 Å². The minimum atomic E-state index is -4.78. The third kappa shape index (κ3) is 7.24. The average molecular weight is 641 g/mol. The summed E-state index contributed by atoms with van der Waals surface area (Å²) in [6.07, 6.45) is -1.85. The Morgan fingerprint density at radius 1 is 1.16 bits per heavy atom. The van der Waals surface area contributed by atoms with Crippen LogP contribution in [0.3, 0.4) is 0 Å². The van der Waals surface area contributed by atoms with E-state index in [4.69, 9.17) is 12.2 Å². The molecule has 0 saturated carbocycles. The smallest absolute Gasteiger partial charge is 0.406 e. The zero-order valence-corrected chi connectivity index (χ0v) is 24.1. The molecule has 1 saturated heterocycles. The highest BCUT2D eigenvalue weighted by Crippen LogP contribution is 2.35.